The van der Waals surface area contributed by atoms with Gasteiger partial charge in [0.2, 0.25) is 5.60 Å². The molecule has 2 atom stereocenters. The Balaban J connectivity index is 5.82. The van der Waals surface area contributed by atoms with Crippen LogP contribution >= 0.6 is 0 Å². The first-order chi connectivity index (χ1) is 9.72. The average molecular weight is 318 g/mol. The molecule has 0 bridgehead atoms. The Hall–Kier alpha value is -1.14. The molecule has 0 aromatic heterocycles. The van der Waals surface area contributed by atoms with Crippen LogP contribution in [0.15, 0.2) is 0 Å². The molecule has 0 amide bonds. The summed E-state index contributed by atoms with van der Waals surface area (Å²) in [6.45, 7) is 12.3. The second-order valence-electron chi connectivity index (χ2n) is 6.88. The summed E-state index contributed by atoms with van der Waals surface area (Å²) in [6, 6.07) is 0. The number of carbonyl (C=O) groups is 2. The fourth-order valence-corrected chi connectivity index (χ4v) is 1.79. The van der Waals surface area contributed by atoms with Gasteiger partial charge in [0.25, 0.3) is 5.79 Å². The Kier molecular flexibility index (Phi) is 6.60. The van der Waals surface area contributed by atoms with Crippen LogP contribution < -0.4 is 0 Å². The van der Waals surface area contributed by atoms with Crippen molar-refractivity contribution in [2.75, 3.05) is 0 Å². The number of hydrogen-bond acceptors (Lipinski definition) is 6. The fourth-order valence-electron chi connectivity index (χ4n) is 1.79. The number of rotatable bonds is 7. The Labute approximate surface area is 132 Å². The lowest BCUT2D eigenvalue weighted by atomic mass is 9.78. The summed E-state index contributed by atoms with van der Waals surface area (Å²) >= 11 is 0. The first kappa shape index (κ1) is 20.9. The first-order valence-corrected chi connectivity index (χ1v) is 7.62. The van der Waals surface area contributed by atoms with Gasteiger partial charge in [-0.25, -0.2) is 0 Å². The van der Waals surface area contributed by atoms with Crippen LogP contribution in [0.5, 0.6) is 0 Å². The van der Waals surface area contributed by atoms with Crippen molar-refractivity contribution in [2.45, 2.75) is 78.8 Å². The molecule has 0 fully saturated rings. The summed E-state index contributed by atoms with van der Waals surface area (Å²) < 4.78 is 10.6. The molecule has 0 aliphatic rings. The van der Waals surface area contributed by atoms with E-state index in [0.29, 0.717) is 0 Å². The van der Waals surface area contributed by atoms with Gasteiger partial charge in [-0.1, -0.05) is 34.6 Å². The Bertz CT molecular complexity index is 409. The van der Waals surface area contributed by atoms with Crippen LogP contribution in [-0.4, -0.2) is 39.1 Å². The minimum absolute atomic E-state index is 0.0443. The number of esters is 2. The molecule has 0 saturated heterocycles. The van der Waals surface area contributed by atoms with Gasteiger partial charge in [-0.05, 0) is 20.8 Å². The summed E-state index contributed by atoms with van der Waals surface area (Å²) in [5.74, 6) is -4.30. The monoisotopic (exact) mass is 318 g/mol. The van der Waals surface area contributed by atoms with Gasteiger partial charge in [0.15, 0.2) is 0 Å². The van der Waals surface area contributed by atoms with Gasteiger partial charge in [-0.15, -0.1) is 0 Å². The molecule has 130 valence electrons. The minimum atomic E-state index is -2.14. The highest BCUT2D eigenvalue weighted by Gasteiger charge is 2.61. The first-order valence-electron chi connectivity index (χ1n) is 7.62. The zero-order valence-corrected chi connectivity index (χ0v) is 14.9. The number of ether oxygens (including phenoxy) is 2. The minimum Gasteiger partial charge on any atom is -0.449 e. The molecule has 0 saturated carbocycles. The molecule has 6 nitrogen and oxygen atoms in total. The van der Waals surface area contributed by atoms with E-state index in [-0.39, 0.29) is 6.42 Å². The molecule has 0 aromatic carbocycles. The molecular formula is C16H30O6. The lowest BCUT2D eigenvalue weighted by Gasteiger charge is -2.49. The third-order valence-corrected chi connectivity index (χ3v) is 3.91. The molecule has 0 radical (unpaired) electrons. The van der Waals surface area contributed by atoms with E-state index in [4.69, 9.17) is 9.47 Å². The average Bonchev–Trinajstić information content (AvgIpc) is 2.36. The summed E-state index contributed by atoms with van der Waals surface area (Å²) in [6.07, 6.45) is -0.0443. The van der Waals surface area contributed by atoms with Crippen LogP contribution in [-0.2, 0) is 19.1 Å². The molecule has 2 unspecified atom stereocenters. The summed E-state index contributed by atoms with van der Waals surface area (Å²) in [4.78, 5) is 23.9. The molecule has 0 spiro atoms. The van der Waals surface area contributed by atoms with Crippen LogP contribution in [0.4, 0.5) is 0 Å². The Morgan fingerprint density at radius 2 is 1.27 bits per heavy atom. The van der Waals surface area contributed by atoms with Gasteiger partial charge in [0, 0.05) is 6.42 Å². The number of aliphatic hydroxyl groups is 2. The molecular weight excluding hydrogens is 288 g/mol. The lowest BCUT2D eigenvalue weighted by Crippen LogP contribution is -2.67. The highest BCUT2D eigenvalue weighted by atomic mass is 16.7. The smallest absolute Gasteiger partial charge is 0.311 e. The summed E-state index contributed by atoms with van der Waals surface area (Å²) in [7, 11) is 0. The highest BCUT2D eigenvalue weighted by Crippen LogP contribution is 2.40. The number of carbonyl (C=O) groups excluding carboxylic acids is 2. The van der Waals surface area contributed by atoms with Gasteiger partial charge in [0.1, 0.15) is 5.60 Å². The van der Waals surface area contributed by atoms with Gasteiger partial charge in [-0.3, -0.25) is 9.59 Å². The van der Waals surface area contributed by atoms with E-state index in [1.807, 2.05) is 0 Å². The van der Waals surface area contributed by atoms with Gasteiger partial charge in [-0.2, -0.15) is 0 Å². The predicted octanol–water partition coefficient (Wildman–Crippen LogP) is 2.01. The van der Waals surface area contributed by atoms with Crippen LogP contribution in [0.3, 0.4) is 0 Å². The molecule has 0 aliphatic carbocycles. The highest BCUT2D eigenvalue weighted by molar-refractivity contribution is 5.73. The van der Waals surface area contributed by atoms with Crippen LogP contribution in [0.2, 0.25) is 0 Å². The topological polar surface area (TPSA) is 93.1 Å². The molecule has 2 N–H and O–H groups in total. The normalized spacial score (nSPS) is 17.8. The third kappa shape index (κ3) is 4.20. The van der Waals surface area contributed by atoms with Crippen molar-refractivity contribution in [3.63, 3.8) is 0 Å². The second-order valence-corrected chi connectivity index (χ2v) is 6.88. The SMILES string of the molecule is CCC(O)(OC(=O)C(C)C)C(C)(OC(=O)C(C)C)C(C)(C)O. The van der Waals surface area contributed by atoms with Crippen molar-refractivity contribution in [3.05, 3.63) is 0 Å². The summed E-state index contributed by atoms with van der Waals surface area (Å²) in [5.41, 5.74) is -3.46. The van der Waals surface area contributed by atoms with E-state index in [2.05, 4.69) is 0 Å². The van der Waals surface area contributed by atoms with Crippen molar-refractivity contribution in [1.82, 2.24) is 0 Å². The van der Waals surface area contributed by atoms with Crippen LogP contribution in [0.25, 0.3) is 0 Å². The van der Waals surface area contributed by atoms with Gasteiger partial charge in [0.05, 0.1) is 11.8 Å². The molecule has 0 aliphatic heterocycles. The van der Waals surface area contributed by atoms with E-state index >= 15 is 0 Å². The van der Waals surface area contributed by atoms with Crippen LogP contribution in [0, 0.1) is 11.8 Å². The zero-order chi connectivity index (χ0) is 17.9. The van der Waals surface area contributed by atoms with E-state index in [1.165, 1.54) is 20.8 Å². The van der Waals surface area contributed by atoms with E-state index in [1.54, 1.807) is 34.6 Å². The van der Waals surface area contributed by atoms with Crippen molar-refractivity contribution in [3.8, 4) is 0 Å². The van der Waals surface area contributed by atoms with Crippen molar-refractivity contribution >= 4 is 11.9 Å². The number of hydrogen-bond donors (Lipinski definition) is 2. The van der Waals surface area contributed by atoms with Crippen molar-refractivity contribution in [2.24, 2.45) is 11.8 Å². The zero-order valence-electron chi connectivity index (χ0n) is 14.9. The second kappa shape index (κ2) is 6.96. The van der Waals surface area contributed by atoms with E-state index in [9.17, 15) is 19.8 Å². The Morgan fingerprint density at radius 1 is 0.909 bits per heavy atom. The van der Waals surface area contributed by atoms with Crippen molar-refractivity contribution in [1.29, 1.82) is 0 Å². The third-order valence-electron chi connectivity index (χ3n) is 3.91. The van der Waals surface area contributed by atoms with Gasteiger partial charge < -0.3 is 19.7 Å². The maximum atomic E-state index is 12.0. The summed E-state index contributed by atoms with van der Waals surface area (Å²) in [5, 5.41) is 21.3. The molecule has 0 aromatic rings. The maximum absolute atomic E-state index is 12.0. The molecule has 6 heteroatoms. The maximum Gasteiger partial charge on any atom is 0.311 e. The predicted molar refractivity (Wildman–Crippen MR) is 81.8 cm³/mol. The van der Waals surface area contributed by atoms with Crippen molar-refractivity contribution < 1.29 is 29.3 Å². The molecule has 0 rings (SSSR count). The fraction of sp³-hybridized carbons (Fsp3) is 0.875. The Morgan fingerprint density at radius 3 is 1.55 bits per heavy atom. The van der Waals surface area contributed by atoms with E-state index in [0.717, 1.165) is 0 Å². The van der Waals surface area contributed by atoms with Gasteiger partial charge >= 0.3 is 11.9 Å². The quantitative estimate of drug-likeness (QED) is 0.551. The molecule has 0 heterocycles. The standard InChI is InChI=1S/C16H30O6/c1-9-16(20,22-13(18)11(4)5)15(8,14(6,7)19)21-12(17)10(2)3/h10-11,19-20H,9H2,1-8H3. The largest absolute Gasteiger partial charge is 0.449 e. The molecule has 22 heavy (non-hydrogen) atoms. The van der Waals surface area contributed by atoms with E-state index < -0.39 is 40.8 Å². The van der Waals surface area contributed by atoms with Crippen LogP contribution in [0.1, 0.15) is 61.8 Å². The lowest BCUT2D eigenvalue weighted by molar-refractivity contribution is -0.326.